The second-order valence-electron chi connectivity index (χ2n) is 6.60. The molecule has 0 saturated carbocycles. The number of rotatable bonds is 2. The molecule has 3 heterocycles. The molecular formula is C15H20BClN2O3. The van der Waals surface area contributed by atoms with Gasteiger partial charge >= 0.3 is 7.12 Å². The quantitative estimate of drug-likeness (QED) is 0.797. The van der Waals surface area contributed by atoms with Crippen molar-refractivity contribution in [3.8, 4) is 5.88 Å². The van der Waals surface area contributed by atoms with Crippen LogP contribution in [0.5, 0.6) is 5.88 Å². The van der Waals surface area contributed by atoms with E-state index in [1.54, 1.807) is 7.11 Å². The SMILES string of the molecule is COc1nc2cc(B3OC(C)(C)C(C)(C)O3)n(C)c2cc1Cl. The van der Waals surface area contributed by atoms with Crippen molar-refractivity contribution in [3.63, 3.8) is 0 Å². The third kappa shape index (κ3) is 2.21. The molecule has 3 rings (SSSR count). The fourth-order valence-corrected chi connectivity index (χ4v) is 2.78. The lowest BCUT2D eigenvalue weighted by atomic mass is 9.85. The first-order chi connectivity index (χ1) is 10.2. The Bertz CT molecular complexity index is 726. The highest BCUT2D eigenvalue weighted by molar-refractivity contribution is 6.61. The number of nitrogens with zero attached hydrogens (tertiary/aromatic N) is 2. The monoisotopic (exact) mass is 322 g/mol. The van der Waals surface area contributed by atoms with Crippen molar-refractivity contribution >= 4 is 35.3 Å². The van der Waals surface area contributed by atoms with E-state index in [2.05, 4.69) is 4.98 Å². The molecule has 22 heavy (non-hydrogen) atoms. The van der Waals surface area contributed by atoms with Crippen molar-refractivity contribution in [2.45, 2.75) is 38.9 Å². The summed E-state index contributed by atoms with van der Waals surface area (Å²) in [6.45, 7) is 8.14. The van der Waals surface area contributed by atoms with E-state index in [4.69, 9.17) is 25.6 Å². The van der Waals surface area contributed by atoms with Gasteiger partial charge in [0, 0.05) is 7.05 Å². The number of pyridine rings is 1. The van der Waals surface area contributed by atoms with Crippen LogP contribution in [0.4, 0.5) is 0 Å². The zero-order chi connectivity index (χ0) is 16.3. The maximum atomic E-state index is 6.17. The standard InChI is InChI=1S/C15H20BClN2O3/c1-14(2)15(3,4)22-16(21-14)12-8-10-11(19(12)5)7-9(17)13(18-10)20-6/h7-8H,1-6H3. The first-order valence-corrected chi connectivity index (χ1v) is 7.59. The minimum atomic E-state index is -0.436. The number of halogens is 1. The maximum absolute atomic E-state index is 6.17. The molecule has 0 amide bonds. The third-order valence-corrected chi connectivity index (χ3v) is 4.94. The van der Waals surface area contributed by atoms with Gasteiger partial charge in [0.15, 0.2) is 0 Å². The number of fused-ring (bicyclic) bond motifs is 1. The van der Waals surface area contributed by atoms with Gasteiger partial charge in [-0.1, -0.05) is 11.6 Å². The van der Waals surface area contributed by atoms with Gasteiger partial charge in [0.25, 0.3) is 0 Å². The van der Waals surface area contributed by atoms with Crippen LogP contribution in [0.2, 0.25) is 5.02 Å². The maximum Gasteiger partial charge on any atom is 0.512 e. The Morgan fingerprint density at radius 2 is 1.77 bits per heavy atom. The van der Waals surface area contributed by atoms with E-state index in [0.29, 0.717) is 10.9 Å². The van der Waals surface area contributed by atoms with E-state index >= 15 is 0 Å². The predicted molar refractivity (Wildman–Crippen MR) is 88.0 cm³/mol. The summed E-state index contributed by atoms with van der Waals surface area (Å²) in [5.41, 5.74) is 1.86. The molecule has 0 N–H and O–H groups in total. The molecule has 1 aliphatic rings. The molecule has 7 heteroatoms. The first kappa shape index (κ1) is 15.7. The molecule has 1 aliphatic heterocycles. The summed E-state index contributed by atoms with van der Waals surface area (Å²) in [4.78, 5) is 4.43. The minimum absolute atomic E-state index is 0.378. The average Bonchev–Trinajstić information content (AvgIpc) is 2.84. The van der Waals surface area contributed by atoms with Gasteiger partial charge in [0.1, 0.15) is 5.02 Å². The fourth-order valence-electron chi connectivity index (χ4n) is 2.56. The summed E-state index contributed by atoms with van der Waals surface area (Å²) >= 11 is 6.17. The lowest BCUT2D eigenvalue weighted by molar-refractivity contribution is 0.00578. The smallest absolute Gasteiger partial charge is 0.480 e. The van der Waals surface area contributed by atoms with Crippen molar-refractivity contribution in [3.05, 3.63) is 17.2 Å². The van der Waals surface area contributed by atoms with Gasteiger partial charge in [0.2, 0.25) is 5.88 Å². The third-order valence-electron chi connectivity index (χ3n) is 4.67. The Balaban J connectivity index is 2.08. The normalized spacial score (nSPS) is 19.9. The summed E-state index contributed by atoms with van der Waals surface area (Å²) in [5, 5.41) is 0.483. The molecule has 0 bridgehead atoms. The highest BCUT2D eigenvalue weighted by Gasteiger charge is 2.52. The highest BCUT2D eigenvalue weighted by atomic mass is 35.5. The number of ether oxygens (including phenoxy) is 1. The molecule has 2 aromatic rings. The molecule has 2 aromatic heterocycles. The van der Waals surface area contributed by atoms with Crippen LogP contribution in [0, 0.1) is 0 Å². The molecule has 0 radical (unpaired) electrons. The van der Waals surface area contributed by atoms with E-state index in [-0.39, 0.29) is 11.2 Å². The van der Waals surface area contributed by atoms with E-state index in [1.165, 1.54) is 0 Å². The average molecular weight is 323 g/mol. The minimum Gasteiger partial charge on any atom is -0.480 e. The van der Waals surface area contributed by atoms with Crippen molar-refractivity contribution in [2.75, 3.05) is 7.11 Å². The Morgan fingerprint density at radius 1 is 1.18 bits per heavy atom. The van der Waals surface area contributed by atoms with Gasteiger partial charge < -0.3 is 18.6 Å². The molecule has 0 spiro atoms. The summed E-state index contributed by atoms with van der Waals surface area (Å²) in [7, 11) is 3.07. The second kappa shape index (κ2) is 4.88. The van der Waals surface area contributed by atoms with E-state index in [1.807, 2.05) is 51.4 Å². The van der Waals surface area contributed by atoms with Crippen LogP contribution in [0.15, 0.2) is 12.1 Å². The lowest BCUT2D eigenvalue weighted by Gasteiger charge is -2.32. The molecule has 0 aliphatic carbocycles. The summed E-state index contributed by atoms with van der Waals surface area (Å²) in [5.74, 6) is 0.417. The van der Waals surface area contributed by atoms with E-state index in [9.17, 15) is 0 Å². The number of aromatic nitrogens is 2. The molecule has 0 aromatic carbocycles. The van der Waals surface area contributed by atoms with Crippen LogP contribution >= 0.6 is 11.6 Å². The number of aryl methyl sites for hydroxylation is 1. The van der Waals surface area contributed by atoms with Crippen LogP contribution in [0.25, 0.3) is 11.0 Å². The molecule has 0 atom stereocenters. The van der Waals surface area contributed by atoms with Gasteiger partial charge in [-0.3, -0.25) is 0 Å². The zero-order valence-corrected chi connectivity index (χ0v) is 14.5. The van der Waals surface area contributed by atoms with Crippen molar-refractivity contribution < 1.29 is 14.0 Å². The number of hydrogen-bond acceptors (Lipinski definition) is 4. The molecule has 0 unspecified atom stereocenters. The van der Waals surface area contributed by atoms with Crippen LogP contribution in [-0.4, -0.2) is 35.0 Å². The van der Waals surface area contributed by atoms with Crippen LogP contribution < -0.4 is 10.3 Å². The van der Waals surface area contributed by atoms with Crippen molar-refractivity contribution in [1.29, 1.82) is 0 Å². The fraction of sp³-hybridized carbons (Fsp3) is 0.533. The topological polar surface area (TPSA) is 45.5 Å². The van der Waals surface area contributed by atoms with E-state index < -0.39 is 7.12 Å². The van der Waals surface area contributed by atoms with Crippen molar-refractivity contribution in [1.82, 2.24) is 9.55 Å². The lowest BCUT2D eigenvalue weighted by Crippen LogP contribution is -2.41. The van der Waals surface area contributed by atoms with Crippen LogP contribution in [0.3, 0.4) is 0 Å². The zero-order valence-electron chi connectivity index (χ0n) is 13.7. The Kier molecular flexibility index (Phi) is 3.47. The molecule has 5 nitrogen and oxygen atoms in total. The molecular weight excluding hydrogens is 302 g/mol. The molecule has 1 fully saturated rings. The van der Waals surface area contributed by atoms with Gasteiger partial charge in [0.05, 0.1) is 34.9 Å². The Hall–Kier alpha value is -1.24. The first-order valence-electron chi connectivity index (χ1n) is 7.22. The van der Waals surface area contributed by atoms with Crippen LogP contribution in [-0.2, 0) is 16.4 Å². The molecule has 1 saturated heterocycles. The van der Waals surface area contributed by atoms with E-state index in [0.717, 1.165) is 16.6 Å². The summed E-state index contributed by atoms with van der Waals surface area (Å²) < 4.78 is 19.4. The van der Waals surface area contributed by atoms with Gasteiger partial charge in [-0.15, -0.1) is 0 Å². The Morgan fingerprint density at radius 3 is 2.32 bits per heavy atom. The van der Waals surface area contributed by atoms with Crippen LogP contribution in [0.1, 0.15) is 27.7 Å². The number of methoxy groups -OCH3 is 1. The summed E-state index contributed by atoms with van der Waals surface area (Å²) in [6.07, 6.45) is 0. The van der Waals surface area contributed by atoms with Crippen molar-refractivity contribution in [2.24, 2.45) is 7.05 Å². The highest BCUT2D eigenvalue weighted by Crippen LogP contribution is 2.37. The largest absolute Gasteiger partial charge is 0.512 e. The van der Waals surface area contributed by atoms with Gasteiger partial charge in [-0.2, -0.15) is 0 Å². The molecule has 118 valence electrons. The number of hydrogen-bond donors (Lipinski definition) is 0. The summed E-state index contributed by atoms with van der Waals surface area (Å²) in [6, 6.07) is 3.80. The van der Waals surface area contributed by atoms with Gasteiger partial charge in [-0.05, 0) is 39.8 Å². The predicted octanol–water partition coefficient (Wildman–Crippen LogP) is 2.53. The Labute approximate surface area is 135 Å². The second-order valence-corrected chi connectivity index (χ2v) is 7.01. The van der Waals surface area contributed by atoms with Gasteiger partial charge in [-0.25, -0.2) is 4.98 Å².